The van der Waals surface area contributed by atoms with Crippen LogP contribution in [0, 0.1) is 5.92 Å². The third-order valence-corrected chi connectivity index (χ3v) is 4.48. The Hall–Kier alpha value is 0.270. The van der Waals surface area contributed by atoms with E-state index in [1.54, 1.807) is 0 Å². The lowest BCUT2D eigenvalue weighted by Crippen LogP contribution is -2.49. The van der Waals surface area contributed by atoms with Crippen molar-refractivity contribution in [1.29, 1.82) is 0 Å². The molecule has 0 aromatic heterocycles. The van der Waals surface area contributed by atoms with Crippen LogP contribution in [0.15, 0.2) is 0 Å². The van der Waals surface area contributed by atoms with Crippen molar-refractivity contribution in [2.45, 2.75) is 38.5 Å². The second kappa shape index (κ2) is 6.77. The minimum atomic E-state index is 0.737. The molecule has 0 unspecified atom stereocenters. The molecule has 0 bridgehead atoms. The molecule has 90 valence electrons. The van der Waals surface area contributed by atoms with E-state index in [2.05, 4.69) is 37.2 Å². The Bertz CT molecular complexity index is 175. The summed E-state index contributed by atoms with van der Waals surface area (Å²) in [5, 5.41) is 4.46. The smallest absolute Gasteiger partial charge is 0.0141 e. The number of hydrogen-bond acceptors (Lipinski definition) is 3. The molecule has 0 spiro atoms. The number of nitrogens with zero attached hydrogens (tertiary/aromatic N) is 1. The van der Waals surface area contributed by atoms with Gasteiger partial charge in [0.05, 0.1) is 0 Å². The van der Waals surface area contributed by atoms with Crippen LogP contribution in [0.25, 0.3) is 0 Å². The first-order chi connectivity index (χ1) is 7.17. The van der Waals surface area contributed by atoms with Crippen LogP contribution in [0.1, 0.15) is 27.2 Å². The van der Waals surface area contributed by atoms with Crippen molar-refractivity contribution in [3.05, 3.63) is 0 Å². The van der Waals surface area contributed by atoms with Crippen LogP contribution in [-0.4, -0.2) is 48.6 Å². The van der Waals surface area contributed by atoms with Gasteiger partial charge in [0.2, 0.25) is 0 Å². The summed E-state index contributed by atoms with van der Waals surface area (Å²) in [6.07, 6.45) is 3.51. The first-order valence-corrected chi connectivity index (χ1v) is 7.44. The minimum Gasteiger partial charge on any atom is -0.313 e. The van der Waals surface area contributed by atoms with Crippen LogP contribution in [-0.2, 0) is 0 Å². The van der Waals surface area contributed by atoms with Gasteiger partial charge in [0.25, 0.3) is 0 Å². The second-order valence-corrected chi connectivity index (χ2v) is 6.00. The monoisotopic (exact) mass is 230 g/mol. The fraction of sp³-hybridized carbons (Fsp3) is 1.00. The third kappa shape index (κ3) is 4.33. The van der Waals surface area contributed by atoms with E-state index in [0.29, 0.717) is 0 Å². The SMILES string of the molecule is CCN1CC[C@H](NC[C@@H](C)SC)[C@@H](C)C1. The highest BCUT2D eigenvalue weighted by molar-refractivity contribution is 7.99. The predicted octanol–water partition coefficient (Wildman–Crippen LogP) is 2.06. The van der Waals surface area contributed by atoms with Gasteiger partial charge in [0, 0.05) is 24.4 Å². The third-order valence-electron chi connectivity index (χ3n) is 3.51. The highest BCUT2D eigenvalue weighted by atomic mass is 32.2. The Balaban J connectivity index is 2.25. The summed E-state index contributed by atoms with van der Waals surface area (Å²) < 4.78 is 0. The van der Waals surface area contributed by atoms with Gasteiger partial charge in [-0.1, -0.05) is 20.8 Å². The van der Waals surface area contributed by atoms with Gasteiger partial charge < -0.3 is 10.2 Å². The lowest BCUT2D eigenvalue weighted by molar-refractivity contribution is 0.154. The molecule has 1 heterocycles. The van der Waals surface area contributed by atoms with Crippen molar-refractivity contribution in [2.75, 3.05) is 32.4 Å². The maximum absolute atomic E-state index is 3.72. The quantitative estimate of drug-likeness (QED) is 0.778. The van der Waals surface area contributed by atoms with E-state index < -0.39 is 0 Å². The molecule has 15 heavy (non-hydrogen) atoms. The zero-order chi connectivity index (χ0) is 11.3. The molecule has 0 radical (unpaired) electrons. The van der Waals surface area contributed by atoms with Gasteiger partial charge in [-0.2, -0.15) is 11.8 Å². The molecule has 1 aliphatic heterocycles. The summed E-state index contributed by atoms with van der Waals surface area (Å²) in [7, 11) is 0. The Kier molecular flexibility index (Phi) is 6.02. The molecule has 0 amide bonds. The van der Waals surface area contributed by atoms with E-state index in [0.717, 1.165) is 23.8 Å². The highest BCUT2D eigenvalue weighted by Crippen LogP contribution is 2.17. The molecule has 0 aliphatic carbocycles. The molecule has 1 fully saturated rings. The van der Waals surface area contributed by atoms with E-state index in [-0.39, 0.29) is 0 Å². The summed E-state index contributed by atoms with van der Waals surface area (Å²) >= 11 is 1.95. The maximum atomic E-state index is 3.72. The molecule has 1 rings (SSSR count). The van der Waals surface area contributed by atoms with E-state index in [4.69, 9.17) is 0 Å². The predicted molar refractivity (Wildman–Crippen MR) is 70.7 cm³/mol. The largest absolute Gasteiger partial charge is 0.313 e. The van der Waals surface area contributed by atoms with Crippen molar-refractivity contribution in [1.82, 2.24) is 10.2 Å². The van der Waals surface area contributed by atoms with E-state index in [1.165, 1.54) is 26.1 Å². The molecule has 0 aromatic rings. The van der Waals surface area contributed by atoms with E-state index in [1.807, 2.05) is 11.8 Å². The van der Waals surface area contributed by atoms with Crippen molar-refractivity contribution < 1.29 is 0 Å². The van der Waals surface area contributed by atoms with Gasteiger partial charge >= 0.3 is 0 Å². The number of piperidine rings is 1. The minimum absolute atomic E-state index is 0.737. The average molecular weight is 230 g/mol. The van der Waals surface area contributed by atoms with E-state index >= 15 is 0 Å². The van der Waals surface area contributed by atoms with Crippen LogP contribution < -0.4 is 5.32 Å². The number of likely N-dealkylation sites (tertiary alicyclic amines) is 1. The number of nitrogens with one attached hydrogen (secondary N) is 1. The Morgan fingerprint density at radius 1 is 1.53 bits per heavy atom. The van der Waals surface area contributed by atoms with Crippen LogP contribution in [0.2, 0.25) is 0 Å². The summed E-state index contributed by atoms with van der Waals surface area (Å²) in [5.41, 5.74) is 0. The van der Waals surface area contributed by atoms with Crippen LogP contribution in [0.4, 0.5) is 0 Å². The molecule has 0 saturated carbocycles. The Morgan fingerprint density at radius 2 is 2.27 bits per heavy atom. The molecule has 1 aliphatic rings. The fourth-order valence-electron chi connectivity index (χ4n) is 2.22. The number of rotatable bonds is 5. The van der Waals surface area contributed by atoms with Crippen LogP contribution in [0.3, 0.4) is 0 Å². The van der Waals surface area contributed by atoms with Crippen LogP contribution in [0.5, 0.6) is 0 Å². The Labute approximate surface area is 99.2 Å². The second-order valence-electron chi connectivity index (χ2n) is 4.72. The van der Waals surface area contributed by atoms with Gasteiger partial charge in [0.1, 0.15) is 0 Å². The van der Waals surface area contributed by atoms with Crippen molar-refractivity contribution in [3.63, 3.8) is 0 Å². The lowest BCUT2D eigenvalue weighted by Gasteiger charge is -2.37. The van der Waals surface area contributed by atoms with Crippen LogP contribution >= 0.6 is 11.8 Å². The van der Waals surface area contributed by atoms with E-state index in [9.17, 15) is 0 Å². The molecule has 3 atom stereocenters. The first kappa shape index (κ1) is 13.3. The number of hydrogen-bond donors (Lipinski definition) is 1. The maximum Gasteiger partial charge on any atom is 0.0141 e. The molecule has 3 heteroatoms. The van der Waals surface area contributed by atoms with Gasteiger partial charge in [-0.15, -0.1) is 0 Å². The normalized spacial score (nSPS) is 30.4. The van der Waals surface area contributed by atoms with Crippen molar-refractivity contribution in [2.24, 2.45) is 5.92 Å². The highest BCUT2D eigenvalue weighted by Gasteiger charge is 2.24. The van der Waals surface area contributed by atoms with Gasteiger partial charge in [-0.05, 0) is 31.7 Å². The zero-order valence-corrected chi connectivity index (χ0v) is 11.4. The fourth-order valence-corrected chi connectivity index (χ4v) is 2.49. The standard InChI is InChI=1S/C12H26N2S/c1-5-14-7-6-12(10(2)9-14)13-8-11(3)15-4/h10-13H,5-9H2,1-4H3/t10-,11+,12-/m0/s1. The molecule has 0 aromatic carbocycles. The Morgan fingerprint density at radius 3 is 2.80 bits per heavy atom. The van der Waals surface area contributed by atoms with Crippen molar-refractivity contribution >= 4 is 11.8 Å². The first-order valence-electron chi connectivity index (χ1n) is 6.15. The average Bonchev–Trinajstić information content (AvgIpc) is 2.26. The molecular formula is C12H26N2S. The van der Waals surface area contributed by atoms with Gasteiger partial charge in [0.15, 0.2) is 0 Å². The van der Waals surface area contributed by atoms with Crippen molar-refractivity contribution in [3.8, 4) is 0 Å². The number of thioether (sulfide) groups is 1. The lowest BCUT2D eigenvalue weighted by atomic mass is 9.94. The summed E-state index contributed by atoms with van der Waals surface area (Å²) in [6, 6.07) is 0.738. The molecule has 1 saturated heterocycles. The molecule has 2 nitrogen and oxygen atoms in total. The summed E-state index contributed by atoms with van der Waals surface area (Å²) in [5.74, 6) is 0.799. The molecular weight excluding hydrogens is 204 g/mol. The zero-order valence-electron chi connectivity index (χ0n) is 10.6. The summed E-state index contributed by atoms with van der Waals surface area (Å²) in [6.45, 7) is 11.8. The van der Waals surface area contributed by atoms with Gasteiger partial charge in [-0.25, -0.2) is 0 Å². The van der Waals surface area contributed by atoms with Gasteiger partial charge in [-0.3, -0.25) is 0 Å². The summed E-state index contributed by atoms with van der Waals surface area (Å²) in [4.78, 5) is 2.56. The molecule has 1 N–H and O–H groups in total. The topological polar surface area (TPSA) is 15.3 Å².